The standard InChI is InChI=1S/C49H84N2O7/c1-3-5-7-9-11-13-14-15-16-17-18-19-20-21-22-23-24-25-27-33-37-41-48(55)58-44(38-34-30-26-12-10-8-6-4-2)39-35-31-28-29-32-36-40-46(53)50-42-47(54)51-45(43-52)49(56)57/h12,14-15,17-18,20-21,26,34,38,44-45,52H,3-11,13,16,19,22-25,27-33,35-37,39-43H2,1-2H3,(H,50,53)(H,51,54)(H,56,57)/b15-14-,18-17-,21-20-,26-12-,38-34-. The molecule has 332 valence electrons. The number of aliphatic carboxylic acids is 1. The highest BCUT2D eigenvalue weighted by Crippen LogP contribution is 2.15. The van der Waals surface area contributed by atoms with Gasteiger partial charge in [0.25, 0.3) is 0 Å². The summed E-state index contributed by atoms with van der Waals surface area (Å²) in [5.74, 6) is -2.37. The number of allylic oxidation sites excluding steroid dienone is 9. The summed E-state index contributed by atoms with van der Waals surface area (Å²) in [6, 6.07) is -1.38. The number of carbonyl (C=O) groups excluding carboxylic acids is 3. The molecule has 0 aromatic heterocycles. The normalized spacial score (nSPS) is 13.0. The van der Waals surface area contributed by atoms with Crippen LogP contribution >= 0.6 is 0 Å². The fraction of sp³-hybridized carbons (Fsp3) is 0.714. The Morgan fingerprint density at radius 1 is 0.534 bits per heavy atom. The van der Waals surface area contributed by atoms with E-state index in [-0.39, 0.29) is 24.5 Å². The summed E-state index contributed by atoms with van der Waals surface area (Å²) in [6.45, 7) is 3.43. The number of ether oxygens (including phenoxy) is 1. The number of aliphatic hydroxyl groups excluding tert-OH is 1. The molecule has 0 saturated heterocycles. The van der Waals surface area contributed by atoms with E-state index in [4.69, 9.17) is 14.9 Å². The average molecular weight is 813 g/mol. The second-order valence-electron chi connectivity index (χ2n) is 15.5. The second-order valence-corrected chi connectivity index (χ2v) is 15.5. The minimum atomic E-state index is -1.38. The Labute approximate surface area is 353 Å². The Bertz CT molecular complexity index is 1160. The van der Waals surface area contributed by atoms with Crippen LogP contribution in [0.1, 0.15) is 200 Å². The van der Waals surface area contributed by atoms with Gasteiger partial charge >= 0.3 is 11.9 Å². The summed E-state index contributed by atoms with van der Waals surface area (Å²) >= 11 is 0. The molecule has 0 spiro atoms. The number of carbonyl (C=O) groups is 4. The smallest absolute Gasteiger partial charge is 0.328 e. The molecule has 0 bridgehead atoms. The summed E-state index contributed by atoms with van der Waals surface area (Å²) < 4.78 is 5.92. The zero-order valence-corrected chi connectivity index (χ0v) is 36.8. The lowest BCUT2D eigenvalue weighted by Gasteiger charge is -2.15. The number of hydrogen-bond acceptors (Lipinski definition) is 6. The number of carboxylic acid groups (broad SMARTS) is 1. The molecule has 9 nitrogen and oxygen atoms in total. The van der Waals surface area contributed by atoms with E-state index in [2.05, 4.69) is 85.2 Å². The lowest BCUT2D eigenvalue weighted by molar-refractivity contribution is -0.147. The molecule has 0 rings (SSSR count). The predicted molar refractivity (Wildman–Crippen MR) is 240 cm³/mol. The van der Waals surface area contributed by atoms with Gasteiger partial charge < -0.3 is 25.6 Å². The molecular weight excluding hydrogens is 729 g/mol. The van der Waals surface area contributed by atoms with Gasteiger partial charge in [-0.3, -0.25) is 14.4 Å². The Balaban J connectivity index is 4.22. The maximum absolute atomic E-state index is 12.7. The molecule has 0 heterocycles. The van der Waals surface area contributed by atoms with Crippen molar-refractivity contribution in [2.45, 2.75) is 212 Å². The molecule has 0 aliphatic heterocycles. The molecule has 9 heteroatoms. The monoisotopic (exact) mass is 813 g/mol. The first kappa shape index (κ1) is 54.5. The summed E-state index contributed by atoms with van der Waals surface area (Å²) in [5, 5.41) is 22.5. The molecule has 0 aliphatic carbocycles. The van der Waals surface area contributed by atoms with E-state index < -0.39 is 24.5 Å². The third-order valence-corrected chi connectivity index (χ3v) is 9.97. The van der Waals surface area contributed by atoms with Crippen LogP contribution < -0.4 is 10.6 Å². The largest absolute Gasteiger partial charge is 0.480 e. The van der Waals surface area contributed by atoms with Crippen LogP contribution in [0.25, 0.3) is 0 Å². The van der Waals surface area contributed by atoms with E-state index in [9.17, 15) is 19.2 Å². The first-order chi connectivity index (χ1) is 28.3. The van der Waals surface area contributed by atoms with Gasteiger partial charge in [0.1, 0.15) is 12.1 Å². The van der Waals surface area contributed by atoms with E-state index in [1.165, 1.54) is 77.0 Å². The molecule has 0 saturated carbocycles. The van der Waals surface area contributed by atoms with Crippen LogP contribution in [0.4, 0.5) is 0 Å². The number of aliphatic hydroxyl groups is 1. The van der Waals surface area contributed by atoms with Crippen LogP contribution in [0.5, 0.6) is 0 Å². The van der Waals surface area contributed by atoms with Crippen molar-refractivity contribution in [3.63, 3.8) is 0 Å². The Morgan fingerprint density at radius 3 is 1.53 bits per heavy atom. The van der Waals surface area contributed by atoms with Gasteiger partial charge in [-0.2, -0.15) is 0 Å². The van der Waals surface area contributed by atoms with Gasteiger partial charge in [0.2, 0.25) is 11.8 Å². The van der Waals surface area contributed by atoms with Crippen LogP contribution in [0.3, 0.4) is 0 Å². The summed E-state index contributed by atoms with van der Waals surface area (Å²) in [4.78, 5) is 47.5. The van der Waals surface area contributed by atoms with Crippen molar-refractivity contribution in [2.75, 3.05) is 13.2 Å². The lowest BCUT2D eigenvalue weighted by Crippen LogP contribution is -2.47. The number of nitrogens with one attached hydrogen (secondary N) is 2. The average Bonchev–Trinajstić information content (AvgIpc) is 3.21. The van der Waals surface area contributed by atoms with Gasteiger partial charge in [0.15, 0.2) is 0 Å². The third kappa shape index (κ3) is 39.4. The van der Waals surface area contributed by atoms with E-state index in [0.717, 1.165) is 89.9 Å². The number of hydrogen-bond donors (Lipinski definition) is 4. The molecule has 58 heavy (non-hydrogen) atoms. The van der Waals surface area contributed by atoms with Gasteiger partial charge in [-0.25, -0.2) is 4.79 Å². The molecule has 2 amide bonds. The maximum atomic E-state index is 12.7. The van der Waals surface area contributed by atoms with E-state index in [1.807, 2.05) is 0 Å². The fourth-order valence-electron chi connectivity index (χ4n) is 6.38. The van der Waals surface area contributed by atoms with Gasteiger partial charge in [0.05, 0.1) is 13.2 Å². The summed E-state index contributed by atoms with van der Waals surface area (Å²) in [7, 11) is 0. The maximum Gasteiger partial charge on any atom is 0.328 e. The van der Waals surface area contributed by atoms with Crippen LogP contribution in [0, 0.1) is 0 Å². The number of unbranched alkanes of at least 4 members (excludes halogenated alkanes) is 19. The molecule has 0 aromatic rings. The minimum absolute atomic E-state index is 0.108. The van der Waals surface area contributed by atoms with E-state index in [1.54, 1.807) is 0 Å². The van der Waals surface area contributed by atoms with Crippen molar-refractivity contribution >= 4 is 23.8 Å². The van der Waals surface area contributed by atoms with Crippen LogP contribution in [0.2, 0.25) is 0 Å². The van der Waals surface area contributed by atoms with Crippen molar-refractivity contribution in [3.8, 4) is 0 Å². The second kappa shape index (κ2) is 43.1. The van der Waals surface area contributed by atoms with Gasteiger partial charge in [-0.15, -0.1) is 0 Å². The van der Waals surface area contributed by atoms with Gasteiger partial charge in [-0.05, 0) is 89.5 Å². The minimum Gasteiger partial charge on any atom is -0.480 e. The predicted octanol–water partition coefficient (Wildman–Crippen LogP) is 11.7. The summed E-state index contributed by atoms with van der Waals surface area (Å²) in [6.07, 6.45) is 52.8. The zero-order chi connectivity index (χ0) is 42.6. The molecule has 0 radical (unpaired) electrons. The fourth-order valence-corrected chi connectivity index (χ4v) is 6.38. The molecule has 0 fully saturated rings. The van der Waals surface area contributed by atoms with Crippen molar-refractivity contribution < 1.29 is 34.1 Å². The van der Waals surface area contributed by atoms with Crippen molar-refractivity contribution in [1.82, 2.24) is 10.6 Å². The highest BCUT2D eigenvalue weighted by Gasteiger charge is 2.18. The number of esters is 1. The summed E-state index contributed by atoms with van der Waals surface area (Å²) in [5.41, 5.74) is 0. The molecule has 2 unspecified atom stereocenters. The molecule has 0 aromatic carbocycles. The third-order valence-electron chi connectivity index (χ3n) is 9.97. The number of carboxylic acids is 1. The number of rotatable bonds is 41. The quantitative estimate of drug-likeness (QED) is 0.0273. The van der Waals surface area contributed by atoms with Gasteiger partial charge in [-0.1, -0.05) is 158 Å². The van der Waals surface area contributed by atoms with Crippen LogP contribution in [-0.4, -0.2) is 59.3 Å². The van der Waals surface area contributed by atoms with Crippen molar-refractivity contribution in [2.24, 2.45) is 0 Å². The Kier molecular flexibility index (Phi) is 40.6. The number of amides is 2. The van der Waals surface area contributed by atoms with E-state index in [0.29, 0.717) is 19.3 Å². The SMILES string of the molecule is CCCCC/C=C\C/C=C\C(CCCCCCCCC(=O)NCC(=O)NC(CO)C(=O)O)OC(=O)CCCCCCCC/C=C\C/C=C\C/C=C\CCCCCCC. The molecule has 2 atom stereocenters. The van der Waals surface area contributed by atoms with E-state index >= 15 is 0 Å². The Morgan fingerprint density at radius 2 is 0.983 bits per heavy atom. The molecule has 4 N–H and O–H groups in total. The van der Waals surface area contributed by atoms with Crippen molar-refractivity contribution in [1.29, 1.82) is 0 Å². The first-order valence-corrected chi connectivity index (χ1v) is 23.2. The van der Waals surface area contributed by atoms with Crippen LogP contribution in [-0.2, 0) is 23.9 Å². The van der Waals surface area contributed by atoms with Crippen molar-refractivity contribution in [3.05, 3.63) is 60.8 Å². The lowest BCUT2D eigenvalue weighted by atomic mass is 10.1. The zero-order valence-electron chi connectivity index (χ0n) is 36.8. The van der Waals surface area contributed by atoms with Gasteiger partial charge in [0, 0.05) is 12.8 Å². The molecule has 0 aliphatic rings. The Hall–Kier alpha value is -3.46. The highest BCUT2D eigenvalue weighted by molar-refractivity contribution is 5.87. The van der Waals surface area contributed by atoms with Crippen LogP contribution in [0.15, 0.2) is 60.8 Å². The molecular formula is C49H84N2O7. The first-order valence-electron chi connectivity index (χ1n) is 23.2. The topological polar surface area (TPSA) is 142 Å². The highest BCUT2D eigenvalue weighted by atomic mass is 16.5.